The maximum absolute atomic E-state index is 13.1. The van der Waals surface area contributed by atoms with E-state index in [1.54, 1.807) is 19.2 Å². The van der Waals surface area contributed by atoms with Gasteiger partial charge in [0.15, 0.2) is 18.1 Å². The standard InChI is InChI=1S/C23H28N2O4/c1-28-20-12-6-7-13-21(20)29-17-22(26)24-19(16-18-10-4-2-5-11-18)23(27)25-14-8-3-9-15-25/h2,4-7,10-13,19H,3,8-9,14-17H2,1H3,(H,24,26)/t19-/m0/s1. The Morgan fingerprint density at radius 3 is 2.31 bits per heavy atom. The number of nitrogens with zero attached hydrogens (tertiary/aromatic N) is 1. The quantitative estimate of drug-likeness (QED) is 0.745. The van der Waals surface area contributed by atoms with Crippen molar-refractivity contribution >= 4 is 11.8 Å². The van der Waals surface area contributed by atoms with Crippen LogP contribution in [0.5, 0.6) is 11.5 Å². The summed E-state index contributed by atoms with van der Waals surface area (Å²) in [7, 11) is 1.55. The van der Waals surface area contributed by atoms with Crippen LogP contribution in [0.2, 0.25) is 0 Å². The fraction of sp³-hybridized carbons (Fsp3) is 0.391. The molecule has 3 rings (SSSR count). The number of carbonyl (C=O) groups excluding carboxylic acids is 2. The average molecular weight is 396 g/mol. The van der Waals surface area contributed by atoms with Gasteiger partial charge in [-0.2, -0.15) is 0 Å². The summed E-state index contributed by atoms with van der Waals surface area (Å²) in [6, 6.07) is 16.3. The summed E-state index contributed by atoms with van der Waals surface area (Å²) in [6.45, 7) is 1.31. The second kappa shape index (κ2) is 10.5. The summed E-state index contributed by atoms with van der Waals surface area (Å²) in [5, 5.41) is 2.87. The average Bonchev–Trinajstić information content (AvgIpc) is 2.78. The number of benzene rings is 2. The molecule has 2 aromatic rings. The highest BCUT2D eigenvalue weighted by molar-refractivity contribution is 5.88. The number of carbonyl (C=O) groups is 2. The van der Waals surface area contributed by atoms with Gasteiger partial charge in [0.1, 0.15) is 6.04 Å². The predicted molar refractivity (Wildman–Crippen MR) is 111 cm³/mol. The lowest BCUT2D eigenvalue weighted by atomic mass is 10.0. The Kier molecular flexibility index (Phi) is 7.50. The van der Waals surface area contributed by atoms with Crippen LogP contribution in [-0.2, 0) is 16.0 Å². The van der Waals surface area contributed by atoms with E-state index >= 15 is 0 Å². The molecule has 2 aromatic carbocycles. The van der Waals surface area contributed by atoms with Crippen molar-refractivity contribution in [2.75, 3.05) is 26.8 Å². The number of para-hydroxylation sites is 2. The largest absolute Gasteiger partial charge is 0.493 e. The Morgan fingerprint density at radius 1 is 0.966 bits per heavy atom. The van der Waals surface area contributed by atoms with Gasteiger partial charge in [-0.25, -0.2) is 0 Å². The van der Waals surface area contributed by atoms with Gasteiger partial charge in [-0.05, 0) is 37.0 Å². The monoisotopic (exact) mass is 396 g/mol. The fourth-order valence-corrected chi connectivity index (χ4v) is 3.50. The van der Waals surface area contributed by atoms with Gasteiger partial charge in [0.2, 0.25) is 5.91 Å². The Labute approximate surface area is 171 Å². The van der Waals surface area contributed by atoms with E-state index in [4.69, 9.17) is 9.47 Å². The first kappa shape index (κ1) is 20.7. The molecule has 0 spiro atoms. The third-order valence-corrected chi connectivity index (χ3v) is 5.01. The zero-order valence-corrected chi connectivity index (χ0v) is 16.8. The molecule has 1 fully saturated rings. The maximum atomic E-state index is 13.1. The Bertz CT molecular complexity index is 804. The van der Waals surface area contributed by atoms with Crippen molar-refractivity contribution < 1.29 is 19.1 Å². The molecule has 2 amide bonds. The van der Waals surface area contributed by atoms with Crippen molar-refractivity contribution in [2.45, 2.75) is 31.7 Å². The van der Waals surface area contributed by atoms with Crippen LogP contribution in [0.1, 0.15) is 24.8 Å². The van der Waals surface area contributed by atoms with Crippen LogP contribution in [0.4, 0.5) is 0 Å². The van der Waals surface area contributed by atoms with Gasteiger partial charge in [-0.3, -0.25) is 9.59 Å². The molecule has 0 bridgehead atoms. The van der Waals surface area contributed by atoms with Gasteiger partial charge in [0, 0.05) is 19.5 Å². The highest BCUT2D eigenvalue weighted by Gasteiger charge is 2.27. The smallest absolute Gasteiger partial charge is 0.258 e. The van der Waals surface area contributed by atoms with Crippen molar-refractivity contribution in [1.82, 2.24) is 10.2 Å². The second-order valence-corrected chi connectivity index (χ2v) is 7.14. The topological polar surface area (TPSA) is 67.9 Å². The Hall–Kier alpha value is -3.02. The third-order valence-electron chi connectivity index (χ3n) is 5.01. The zero-order valence-electron chi connectivity index (χ0n) is 16.8. The lowest BCUT2D eigenvalue weighted by molar-refractivity contribution is -0.137. The molecule has 6 heteroatoms. The number of hydrogen-bond acceptors (Lipinski definition) is 4. The van der Waals surface area contributed by atoms with E-state index in [1.807, 2.05) is 47.4 Å². The van der Waals surface area contributed by atoms with Gasteiger partial charge in [-0.15, -0.1) is 0 Å². The first-order chi connectivity index (χ1) is 14.2. The zero-order chi connectivity index (χ0) is 20.5. The van der Waals surface area contributed by atoms with E-state index in [0.29, 0.717) is 17.9 Å². The summed E-state index contributed by atoms with van der Waals surface area (Å²) in [5.41, 5.74) is 1.01. The van der Waals surface area contributed by atoms with Crippen molar-refractivity contribution in [1.29, 1.82) is 0 Å². The van der Waals surface area contributed by atoms with E-state index in [2.05, 4.69) is 5.32 Å². The van der Waals surface area contributed by atoms with Gasteiger partial charge < -0.3 is 19.7 Å². The number of rotatable bonds is 8. The van der Waals surface area contributed by atoms with Gasteiger partial charge in [0.05, 0.1) is 7.11 Å². The predicted octanol–water partition coefficient (Wildman–Crippen LogP) is 2.81. The first-order valence-corrected chi connectivity index (χ1v) is 10.1. The van der Waals surface area contributed by atoms with E-state index in [-0.39, 0.29) is 18.4 Å². The molecule has 1 saturated heterocycles. The number of nitrogens with one attached hydrogen (secondary N) is 1. The first-order valence-electron chi connectivity index (χ1n) is 10.1. The minimum atomic E-state index is -0.607. The second-order valence-electron chi connectivity index (χ2n) is 7.14. The summed E-state index contributed by atoms with van der Waals surface area (Å²) in [4.78, 5) is 27.5. The van der Waals surface area contributed by atoms with Gasteiger partial charge >= 0.3 is 0 Å². The van der Waals surface area contributed by atoms with E-state index < -0.39 is 6.04 Å². The van der Waals surface area contributed by atoms with Crippen LogP contribution in [0.15, 0.2) is 54.6 Å². The molecule has 1 heterocycles. The summed E-state index contributed by atoms with van der Waals surface area (Å²) in [6.07, 6.45) is 3.62. The van der Waals surface area contributed by atoms with Crippen molar-refractivity contribution in [3.05, 3.63) is 60.2 Å². The summed E-state index contributed by atoms with van der Waals surface area (Å²) in [5.74, 6) is 0.694. The number of methoxy groups -OCH3 is 1. The van der Waals surface area contributed by atoms with E-state index in [1.165, 1.54) is 0 Å². The van der Waals surface area contributed by atoms with Crippen molar-refractivity contribution in [3.8, 4) is 11.5 Å². The summed E-state index contributed by atoms with van der Waals surface area (Å²) >= 11 is 0. The normalized spacial score (nSPS) is 14.7. The van der Waals surface area contributed by atoms with Crippen LogP contribution in [-0.4, -0.2) is 49.6 Å². The molecule has 1 aliphatic heterocycles. The van der Waals surface area contributed by atoms with E-state index in [9.17, 15) is 9.59 Å². The molecule has 1 atom stereocenters. The number of ether oxygens (including phenoxy) is 2. The Morgan fingerprint density at radius 2 is 1.62 bits per heavy atom. The minimum absolute atomic E-state index is 0.0285. The lowest BCUT2D eigenvalue weighted by Gasteiger charge is -2.31. The molecule has 29 heavy (non-hydrogen) atoms. The molecule has 0 aromatic heterocycles. The van der Waals surface area contributed by atoms with E-state index in [0.717, 1.165) is 37.9 Å². The molecule has 1 N–H and O–H groups in total. The molecule has 6 nitrogen and oxygen atoms in total. The van der Waals surface area contributed by atoms with Gasteiger partial charge in [-0.1, -0.05) is 42.5 Å². The van der Waals surface area contributed by atoms with Crippen molar-refractivity contribution in [3.63, 3.8) is 0 Å². The van der Waals surface area contributed by atoms with Crippen LogP contribution in [0.3, 0.4) is 0 Å². The fourth-order valence-electron chi connectivity index (χ4n) is 3.50. The molecule has 0 saturated carbocycles. The van der Waals surface area contributed by atoms with Crippen LogP contribution in [0.25, 0.3) is 0 Å². The third kappa shape index (κ3) is 5.98. The SMILES string of the molecule is COc1ccccc1OCC(=O)N[C@@H](Cc1ccccc1)C(=O)N1CCCCC1. The van der Waals surface area contributed by atoms with Crippen LogP contribution >= 0.6 is 0 Å². The van der Waals surface area contributed by atoms with Crippen LogP contribution < -0.4 is 14.8 Å². The minimum Gasteiger partial charge on any atom is -0.493 e. The maximum Gasteiger partial charge on any atom is 0.258 e. The molecule has 0 radical (unpaired) electrons. The molecule has 154 valence electrons. The molecule has 0 aliphatic carbocycles. The number of amides is 2. The molecular weight excluding hydrogens is 368 g/mol. The van der Waals surface area contributed by atoms with Gasteiger partial charge in [0.25, 0.3) is 5.91 Å². The molecule has 1 aliphatic rings. The number of piperidine rings is 1. The highest BCUT2D eigenvalue weighted by atomic mass is 16.5. The summed E-state index contributed by atoms with van der Waals surface area (Å²) < 4.78 is 10.8. The van der Waals surface area contributed by atoms with Crippen molar-refractivity contribution in [2.24, 2.45) is 0 Å². The molecular formula is C23H28N2O4. The Balaban J connectivity index is 1.64. The molecule has 0 unspecified atom stereocenters. The highest BCUT2D eigenvalue weighted by Crippen LogP contribution is 2.25. The van der Waals surface area contributed by atoms with Crippen LogP contribution in [0, 0.1) is 0 Å². The number of hydrogen-bond donors (Lipinski definition) is 1. The number of likely N-dealkylation sites (tertiary alicyclic amines) is 1. The lowest BCUT2D eigenvalue weighted by Crippen LogP contribution is -2.51.